The fourth-order valence-electron chi connectivity index (χ4n) is 3.25. The minimum absolute atomic E-state index is 0.154. The van der Waals surface area contributed by atoms with E-state index < -0.39 is 0 Å². The number of carbonyl (C=O) groups is 1. The molecular formula is C19H19ClO. The van der Waals surface area contributed by atoms with E-state index in [0.717, 1.165) is 24.8 Å². The predicted octanol–water partition coefficient (Wildman–Crippen LogP) is 5.34. The van der Waals surface area contributed by atoms with E-state index in [-0.39, 0.29) is 5.78 Å². The molecule has 0 N–H and O–H groups in total. The van der Waals surface area contributed by atoms with Crippen molar-refractivity contribution in [1.29, 1.82) is 0 Å². The summed E-state index contributed by atoms with van der Waals surface area (Å²) in [7, 11) is 0. The van der Waals surface area contributed by atoms with Crippen LogP contribution in [0.4, 0.5) is 0 Å². The molecule has 21 heavy (non-hydrogen) atoms. The minimum atomic E-state index is 0.154. The van der Waals surface area contributed by atoms with Crippen LogP contribution in [0.1, 0.15) is 52.2 Å². The maximum atomic E-state index is 12.6. The highest BCUT2D eigenvalue weighted by molar-refractivity contribution is 6.34. The molecule has 2 heteroatoms. The Morgan fingerprint density at radius 1 is 1.24 bits per heavy atom. The number of ketones is 1. The Balaban J connectivity index is 1.83. The Morgan fingerprint density at radius 3 is 2.86 bits per heavy atom. The second-order valence-electron chi connectivity index (χ2n) is 5.90. The quantitative estimate of drug-likeness (QED) is 0.699. The van der Waals surface area contributed by atoms with Crippen molar-refractivity contribution < 1.29 is 4.79 Å². The van der Waals surface area contributed by atoms with Gasteiger partial charge in [0.1, 0.15) is 0 Å². The van der Waals surface area contributed by atoms with Crippen molar-refractivity contribution in [3.8, 4) is 0 Å². The second kappa shape index (κ2) is 6.03. The van der Waals surface area contributed by atoms with Gasteiger partial charge < -0.3 is 0 Å². The number of hydrogen-bond acceptors (Lipinski definition) is 1. The molecule has 108 valence electrons. The maximum Gasteiger partial charge on any atom is 0.164 e. The van der Waals surface area contributed by atoms with E-state index in [1.54, 1.807) is 0 Å². The fraction of sp³-hybridized carbons (Fsp3) is 0.316. The van der Waals surface area contributed by atoms with Crippen LogP contribution in [0.5, 0.6) is 0 Å². The van der Waals surface area contributed by atoms with Gasteiger partial charge in [0.2, 0.25) is 0 Å². The van der Waals surface area contributed by atoms with Crippen molar-refractivity contribution in [3.63, 3.8) is 0 Å². The number of Topliss-reactive ketones (excluding diaryl/α,β-unsaturated/α-hetero) is 1. The number of fused-ring (bicyclic) bond motifs is 1. The summed E-state index contributed by atoms with van der Waals surface area (Å²) < 4.78 is 0. The number of benzene rings is 2. The average Bonchev–Trinajstić information content (AvgIpc) is 2.47. The van der Waals surface area contributed by atoms with Gasteiger partial charge in [0.25, 0.3) is 0 Å². The summed E-state index contributed by atoms with van der Waals surface area (Å²) in [5.74, 6) is 0.488. The van der Waals surface area contributed by atoms with Crippen molar-refractivity contribution >= 4 is 17.4 Å². The molecule has 1 aliphatic rings. The van der Waals surface area contributed by atoms with E-state index in [0.29, 0.717) is 22.9 Å². The third-order valence-corrected chi connectivity index (χ3v) is 4.66. The molecule has 0 aromatic heterocycles. The molecule has 3 rings (SSSR count). The molecule has 1 nitrogen and oxygen atoms in total. The zero-order valence-corrected chi connectivity index (χ0v) is 13.0. The zero-order valence-electron chi connectivity index (χ0n) is 12.2. The first-order chi connectivity index (χ1) is 10.1. The van der Waals surface area contributed by atoms with Gasteiger partial charge in [-0.1, -0.05) is 41.9 Å². The Morgan fingerprint density at radius 2 is 2.05 bits per heavy atom. The smallest absolute Gasteiger partial charge is 0.164 e. The topological polar surface area (TPSA) is 17.1 Å². The highest BCUT2D eigenvalue weighted by Gasteiger charge is 2.23. The van der Waals surface area contributed by atoms with Gasteiger partial charge in [0.15, 0.2) is 5.78 Å². The van der Waals surface area contributed by atoms with Crippen LogP contribution in [0.3, 0.4) is 0 Å². The Labute approximate surface area is 131 Å². The molecule has 0 saturated carbocycles. The standard InChI is InChI=1S/C19H19ClO/c1-13-9-10-17(18(20)11-13)19(21)12-15-7-4-6-14-5-2-3-8-16(14)15/h2-3,5,8-11,15H,4,6-7,12H2,1H3. The number of halogens is 1. The number of aryl methyl sites for hydroxylation is 2. The summed E-state index contributed by atoms with van der Waals surface area (Å²) in [6.07, 6.45) is 3.94. The van der Waals surface area contributed by atoms with Crippen LogP contribution < -0.4 is 0 Å². The first-order valence-electron chi connectivity index (χ1n) is 7.52. The first-order valence-corrected chi connectivity index (χ1v) is 7.90. The van der Waals surface area contributed by atoms with Gasteiger partial charge in [-0.25, -0.2) is 0 Å². The molecule has 0 heterocycles. The summed E-state index contributed by atoms with van der Waals surface area (Å²) >= 11 is 6.22. The molecule has 0 spiro atoms. The summed E-state index contributed by atoms with van der Waals surface area (Å²) in [4.78, 5) is 12.6. The summed E-state index contributed by atoms with van der Waals surface area (Å²) in [6.45, 7) is 1.98. The van der Waals surface area contributed by atoms with Gasteiger partial charge >= 0.3 is 0 Å². The minimum Gasteiger partial charge on any atom is -0.294 e. The fourth-order valence-corrected chi connectivity index (χ4v) is 3.59. The van der Waals surface area contributed by atoms with Crippen molar-refractivity contribution in [1.82, 2.24) is 0 Å². The molecule has 0 amide bonds. The van der Waals surface area contributed by atoms with Crippen LogP contribution in [-0.2, 0) is 6.42 Å². The normalized spacial score (nSPS) is 17.3. The third-order valence-electron chi connectivity index (χ3n) is 4.35. The van der Waals surface area contributed by atoms with Crippen LogP contribution in [0.2, 0.25) is 5.02 Å². The van der Waals surface area contributed by atoms with Gasteiger partial charge in [0, 0.05) is 12.0 Å². The molecule has 0 bridgehead atoms. The van der Waals surface area contributed by atoms with Crippen molar-refractivity contribution in [2.24, 2.45) is 0 Å². The molecule has 0 saturated heterocycles. The highest BCUT2D eigenvalue weighted by atomic mass is 35.5. The maximum absolute atomic E-state index is 12.6. The number of hydrogen-bond donors (Lipinski definition) is 0. The van der Waals surface area contributed by atoms with Crippen molar-refractivity contribution in [2.45, 2.75) is 38.5 Å². The van der Waals surface area contributed by atoms with Crippen LogP contribution in [-0.4, -0.2) is 5.78 Å². The molecule has 0 radical (unpaired) electrons. The first kappa shape index (κ1) is 14.3. The van der Waals surface area contributed by atoms with E-state index in [2.05, 4.69) is 24.3 Å². The molecule has 1 atom stereocenters. The largest absolute Gasteiger partial charge is 0.294 e. The van der Waals surface area contributed by atoms with E-state index in [4.69, 9.17) is 11.6 Å². The second-order valence-corrected chi connectivity index (χ2v) is 6.31. The zero-order chi connectivity index (χ0) is 14.8. The Bertz CT molecular complexity index is 675. The highest BCUT2D eigenvalue weighted by Crippen LogP contribution is 2.35. The lowest BCUT2D eigenvalue weighted by molar-refractivity contribution is 0.0971. The molecule has 2 aromatic rings. The molecule has 1 unspecified atom stereocenters. The van der Waals surface area contributed by atoms with Gasteiger partial charge in [-0.2, -0.15) is 0 Å². The van der Waals surface area contributed by atoms with E-state index in [9.17, 15) is 4.79 Å². The Hall–Kier alpha value is -1.60. The van der Waals surface area contributed by atoms with Gasteiger partial charge in [-0.3, -0.25) is 4.79 Å². The average molecular weight is 299 g/mol. The number of carbonyl (C=O) groups excluding carboxylic acids is 1. The van der Waals surface area contributed by atoms with Gasteiger partial charge in [-0.15, -0.1) is 0 Å². The van der Waals surface area contributed by atoms with Crippen molar-refractivity contribution in [2.75, 3.05) is 0 Å². The number of rotatable bonds is 3. The molecule has 0 aliphatic heterocycles. The van der Waals surface area contributed by atoms with Gasteiger partial charge in [0.05, 0.1) is 5.02 Å². The summed E-state index contributed by atoms with van der Waals surface area (Å²) in [6, 6.07) is 14.2. The van der Waals surface area contributed by atoms with E-state index in [1.807, 2.05) is 25.1 Å². The van der Waals surface area contributed by atoms with Crippen LogP contribution in [0.25, 0.3) is 0 Å². The monoisotopic (exact) mass is 298 g/mol. The SMILES string of the molecule is Cc1ccc(C(=O)CC2CCCc3ccccc32)c(Cl)c1. The predicted molar refractivity (Wildman–Crippen MR) is 87.3 cm³/mol. The van der Waals surface area contributed by atoms with Crippen LogP contribution in [0.15, 0.2) is 42.5 Å². The Kier molecular flexibility index (Phi) is 4.12. The van der Waals surface area contributed by atoms with Crippen LogP contribution in [0, 0.1) is 6.92 Å². The van der Waals surface area contributed by atoms with E-state index >= 15 is 0 Å². The summed E-state index contributed by atoms with van der Waals surface area (Å²) in [5.41, 5.74) is 4.49. The van der Waals surface area contributed by atoms with Crippen LogP contribution >= 0.6 is 11.6 Å². The molecular weight excluding hydrogens is 280 g/mol. The lowest BCUT2D eigenvalue weighted by Gasteiger charge is -2.25. The van der Waals surface area contributed by atoms with E-state index in [1.165, 1.54) is 11.1 Å². The third kappa shape index (κ3) is 3.03. The van der Waals surface area contributed by atoms with Gasteiger partial charge in [-0.05, 0) is 60.9 Å². The molecule has 1 aliphatic carbocycles. The molecule has 2 aromatic carbocycles. The summed E-state index contributed by atoms with van der Waals surface area (Å²) in [5, 5.41) is 0.573. The van der Waals surface area contributed by atoms with Crippen molar-refractivity contribution in [3.05, 3.63) is 69.7 Å². The lowest BCUT2D eigenvalue weighted by atomic mass is 9.79. The molecule has 0 fully saturated rings. The lowest BCUT2D eigenvalue weighted by Crippen LogP contribution is -2.14.